The van der Waals surface area contributed by atoms with Crippen molar-refractivity contribution >= 4 is 29.4 Å². The summed E-state index contributed by atoms with van der Waals surface area (Å²) in [6.45, 7) is 2.52. The van der Waals surface area contributed by atoms with Crippen molar-refractivity contribution in [3.8, 4) is 0 Å². The van der Waals surface area contributed by atoms with Crippen LogP contribution in [0.2, 0.25) is 5.02 Å². The standard InChI is InChI=1S/C16H19ClF2N2O4/c1-8(9-3-5-21(6-4-9)16(23)24)20-14-12(17)11(18)7-10(13(14)19)15(22)25-2/h7-9,20H,3-6H2,1-2H3,(H,23,24). The number of halogens is 3. The molecule has 138 valence electrons. The van der Waals surface area contributed by atoms with Gasteiger partial charge in [0, 0.05) is 19.1 Å². The van der Waals surface area contributed by atoms with Crippen LogP contribution in [0.4, 0.5) is 19.3 Å². The zero-order valence-electron chi connectivity index (χ0n) is 13.8. The number of carbonyl (C=O) groups excluding carboxylic acids is 1. The lowest BCUT2D eigenvalue weighted by atomic mass is 9.90. The van der Waals surface area contributed by atoms with Crippen molar-refractivity contribution in [1.29, 1.82) is 0 Å². The SMILES string of the molecule is COC(=O)c1cc(F)c(Cl)c(NC(C)C2CCN(C(=O)O)CC2)c1F. The quantitative estimate of drug-likeness (QED) is 0.620. The number of amides is 1. The van der Waals surface area contributed by atoms with Gasteiger partial charge in [-0.15, -0.1) is 0 Å². The number of carbonyl (C=O) groups is 2. The van der Waals surface area contributed by atoms with E-state index < -0.39 is 34.3 Å². The van der Waals surface area contributed by atoms with Gasteiger partial charge in [-0.25, -0.2) is 18.4 Å². The number of hydrogen-bond donors (Lipinski definition) is 2. The minimum Gasteiger partial charge on any atom is -0.465 e. The first-order valence-corrected chi connectivity index (χ1v) is 8.14. The van der Waals surface area contributed by atoms with Gasteiger partial charge < -0.3 is 20.1 Å². The highest BCUT2D eigenvalue weighted by molar-refractivity contribution is 6.33. The number of nitrogens with zero attached hydrogens (tertiary/aromatic N) is 1. The third kappa shape index (κ3) is 4.12. The lowest BCUT2D eigenvalue weighted by Crippen LogP contribution is -2.41. The molecule has 0 radical (unpaired) electrons. The summed E-state index contributed by atoms with van der Waals surface area (Å²) >= 11 is 5.85. The van der Waals surface area contributed by atoms with Crippen LogP contribution in [0.25, 0.3) is 0 Å². The number of nitrogens with one attached hydrogen (secondary N) is 1. The molecule has 0 aromatic heterocycles. The number of ether oxygens (including phenoxy) is 1. The van der Waals surface area contributed by atoms with E-state index in [2.05, 4.69) is 10.1 Å². The van der Waals surface area contributed by atoms with Crippen LogP contribution in [0, 0.1) is 17.6 Å². The number of methoxy groups -OCH3 is 1. The largest absolute Gasteiger partial charge is 0.465 e. The van der Waals surface area contributed by atoms with Crippen LogP contribution in [0.5, 0.6) is 0 Å². The smallest absolute Gasteiger partial charge is 0.407 e. The highest BCUT2D eigenvalue weighted by atomic mass is 35.5. The van der Waals surface area contributed by atoms with E-state index in [1.54, 1.807) is 6.92 Å². The zero-order valence-corrected chi connectivity index (χ0v) is 14.6. The predicted octanol–water partition coefficient (Wildman–Crippen LogP) is 3.60. The van der Waals surface area contributed by atoms with Crippen molar-refractivity contribution in [1.82, 2.24) is 4.90 Å². The molecule has 25 heavy (non-hydrogen) atoms. The van der Waals surface area contributed by atoms with Gasteiger partial charge in [0.1, 0.15) is 16.4 Å². The molecule has 1 amide bonds. The zero-order chi connectivity index (χ0) is 18.7. The van der Waals surface area contributed by atoms with E-state index in [1.165, 1.54) is 4.90 Å². The van der Waals surface area contributed by atoms with Crippen molar-refractivity contribution in [2.24, 2.45) is 5.92 Å². The molecule has 2 rings (SSSR count). The number of esters is 1. The number of likely N-dealkylation sites (tertiary alicyclic amines) is 1. The summed E-state index contributed by atoms with van der Waals surface area (Å²) in [4.78, 5) is 23.8. The average Bonchev–Trinajstić information content (AvgIpc) is 2.60. The molecule has 1 saturated heterocycles. The number of piperidine rings is 1. The van der Waals surface area contributed by atoms with Crippen LogP contribution in [0.15, 0.2) is 6.07 Å². The molecule has 0 aliphatic carbocycles. The lowest BCUT2D eigenvalue weighted by molar-refractivity contribution is 0.0595. The Morgan fingerprint density at radius 2 is 2.00 bits per heavy atom. The molecule has 0 spiro atoms. The highest BCUT2D eigenvalue weighted by Gasteiger charge is 2.29. The van der Waals surface area contributed by atoms with Gasteiger partial charge in [0.15, 0.2) is 5.82 Å². The molecule has 2 N–H and O–H groups in total. The number of benzene rings is 1. The van der Waals surface area contributed by atoms with Crippen LogP contribution in [-0.2, 0) is 4.74 Å². The van der Waals surface area contributed by atoms with Gasteiger partial charge in [0.25, 0.3) is 0 Å². The summed E-state index contributed by atoms with van der Waals surface area (Å²) in [6.07, 6.45) is 0.193. The van der Waals surface area contributed by atoms with Gasteiger partial charge in [-0.05, 0) is 31.7 Å². The first kappa shape index (κ1) is 19.2. The first-order chi connectivity index (χ1) is 11.8. The van der Waals surface area contributed by atoms with E-state index in [0.717, 1.165) is 7.11 Å². The Morgan fingerprint density at radius 1 is 1.40 bits per heavy atom. The minimum absolute atomic E-state index is 0.0518. The normalized spacial score (nSPS) is 16.4. The molecule has 1 atom stereocenters. The fraction of sp³-hybridized carbons (Fsp3) is 0.500. The van der Waals surface area contributed by atoms with E-state index in [1.807, 2.05) is 0 Å². The number of rotatable bonds is 4. The molecule has 0 saturated carbocycles. The van der Waals surface area contributed by atoms with Crippen LogP contribution in [0.1, 0.15) is 30.1 Å². The molecule has 1 aromatic rings. The maximum Gasteiger partial charge on any atom is 0.407 e. The monoisotopic (exact) mass is 376 g/mol. The fourth-order valence-electron chi connectivity index (χ4n) is 2.93. The number of anilines is 1. The summed E-state index contributed by atoms with van der Waals surface area (Å²) in [5.74, 6) is -2.86. The molecule has 1 fully saturated rings. The maximum atomic E-state index is 14.5. The van der Waals surface area contributed by atoms with E-state index in [0.29, 0.717) is 32.0 Å². The lowest BCUT2D eigenvalue weighted by Gasteiger charge is -2.34. The Hall–Kier alpha value is -2.09. The summed E-state index contributed by atoms with van der Waals surface area (Å²) in [5.41, 5.74) is -0.838. The molecule has 1 heterocycles. The topological polar surface area (TPSA) is 78.9 Å². The minimum atomic E-state index is -1.00. The Morgan fingerprint density at radius 3 is 2.52 bits per heavy atom. The Kier molecular flexibility index (Phi) is 6.05. The molecule has 0 bridgehead atoms. The van der Waals surface area contributed by atoms with Crippen LogP contribution < -0.4 is 5.32 Å². The van der Waals surface area contributed by atoms with Crippen molar-refractivity contribution in [3.63, 3.8) is 0 Å². The number of carboxylic acid groups (broad SMARTS) is 1. The molecule has 1 aliphatic heterocycles. The van der Waals surface area contributed by atoms with Gasteiger partial charge in [0.05, 0.1) is 12.8 Å². The second-order valence-corrected chi connectivity index (χ2v) is 6.32. The highest BCUT2D eigenvalue weighted by Crippen LogP contribution is 2.33. The van der Waals surface area contributed by atoms with Crippen molar-refractivity contribution in [2.75, 3.05) is 25.5 Å². The second-order valence-electron chi connectivity index (χ2n) is 5.94. The number of hydrogen-bond acceptors (Lipinski definition) is 4. The molecule has 1 aliphatic rings. The average molecular weight is 377 g/mol. The fourth-order valence-corrected chi connectivity index (χ4v) is 3.12. The third-order valence-corrected chi connectivity index (χ3v) is 4.82. The summed E-state index contributed by atoms with van der Waals surface area (Å²) in [5, 5.41) is 11.4. The second kappa shape index (κ2) is 7.86. The van der Waals surface area contributed by atoms with Crippen LogP contribution in [-0.4, -0.2) is 48.3 Å². The molecular weight excluding hydrogens is 358 g/mol. The Bertz CT molecular complexity index is 679. The van der Waals surface area contributed by atoms with Crippen LogP contribution >= 0.6 is 11.6 Å². The summed E-state index contributed by atoms with van der Waals surface area (Å²) in [6, 6.07) is 0.403. The van der Waals surface area contributed by atoms with E-state index in [9.17, 15) is 18.4 Å². The Labute approximate surface area is 148 Å². The van der Waals surface area contributed by atoms with Crippen molar-refractivity contribution < 1.29 is 28.2 Å². The summed E-state index contributed by atoms with van der Waals surface area (Å²) < 4.78 is 32.9. The molecular formula is C16H19ClF2N2O4. The van der Waals surface area contributed by atoms with E-state index >= 15 is 0 Å². The van der Waals surface area contributed by atoms with Gasteiger partial charge in [0.2, 0.25) is 0 Å². The van der Waals surface area contributed by atoms with Gasteiger partial charge in [-0.1, -0.05) is 11.6 Å². The molecule has 6 nitrogen and oxygen atoms in total. The third-order valence-electron chi connectivity index (χ3n) is 4.45. The molecule has 9 heteroatoms. The Balaban J connectivity index is 2.18. The van der Waals surface area contributed by atoms with Crippen molar-refractivity contribution in [2.45, 2.75) is 25.8 Å². The van der Waals surface area contributed by atoms with Gasteiger partial charge in [-0.3, -0.25) is 0 Å². The van der Waals surface area contributed by atoms with Crippen LogP contribution in [0.3, 0.4) is 0 Å². The molecule has 1 aromatic carbocycles. The predicted molar refractivity (Wildman–Crippen MR) is 88.1 cm³/mol. The summed E-state index contributed by atoms with van der Waals surface area (Å²) in [7, 11) is 1.07. The first-order valence-electron chi connectivity index (χ1n) is 7.76. The van der Waals surface area contributed by atoms with Gasteiger partial charge >= 0.3 is 12.1 Å². The van der Waals surface area contributed by atoms with E-state index in [-0.39, 0.29) is 17.6 Å². The van der Waals surface area contributed by atoms with E-state index in [4.69, 9.17) is 16.7 Å². The molecule has 1 unspecified atom stereocenters. The van der Waals surface area contributed by atoms with Gasteiger partial charge in [-0.2, -0.15) is 0 Å². The van der Waals surface area contributed by atoms with Crippen molar-refractivity contribution in [3.05, 3.63) is 28.3 Å². The maximum absolute atomic E-state index is 14.5.